The number of aryl methyl sites for hydroxylation is 1. The number of anilines is 1. The van der Waals surface area contributed by atoms with Crippen molar-refractivity contribution in [3.8, 4) is 5.75 Å². The summed E-state index contributed by atoms with van der Waals surface area (Å²) < 4.78 is 5.14. The van der Waals surface area contributed by atoms with Crippen molar-refractivity contribution in [1.82, 2.24) is 15.5 Å². The highest BCUT2D eigenvalue weighted by molar-refractivity contribution is 5.92. The molecule has 0 aliphatic rings. The average molecular weight is 362 g/mol. The van der Waals surface area contributed by atoms with Crippen LogP contribution in [0.25, 0.3) is 0 Å². The van der Waals surface area contributed by atoms with Gasteiger partial charge in [-0.25, -0.2) is 0 Å². The highest BCUT2D eigenvalue weighted by atomic mass is 16.5. The van der Waals surface area contributed by atoms with Gasteiger partial charge in [0.05, 0.1) is 7.11 Å². The summed E-state index contributed by atoms with van der Waals surface area (Å²) in [5.41, 5.74) is 3.61. The number of carbonyl (C=O) groups is 1. The van der Waals surface area contributed by atoms with Crippen molar-refractivity contribution in [3.63, 3.8) is 0 Å². The fourth-order valence-corrected chi connectivity index (χ4v) is 2.46. The van der Waals surface area contributed by atoms with Crippen LogP contribution in [0.4, 0.5) is 5.82 Å². The summed E-state index contributed by atoms with van der Waals surface area (Å²) >= 11 is 0. The summed E-state index contributed by atoms with van der Waals surface area (Å²) in [5.74, 6) is 1.19. The van der Waals surface area contributed by atoms with Crippen molar-refractivity contribution >= 4 is 11.7 Å². The normalized spacial score (nSPS) is 10.3. The first-order valence-corrected chi connectivity index (χ1v) is 8.68. The second-order valence-corrected chi connectivity index (χ2v) is 6.17. The number of nitrogens with zero attached hydrogens (tertiary/aromatic N) is 2. The Morgan fingerprint density at radius 2 is 1.56 bits per heavy atom. The molecule has 6 heteroatoms. The molecule has 1 aromatic heterocycles. The number of aromatic nitrogens is 2. The Kier molecular flexibility index (Phi) is 5.99. The number of hydrogen-bond acceptors (Lipinski definition) is 5. The average Bonchev–Trinajstić information content (AvgIpc) is 2.72. The molecule has 1 amide bonds. The van der Waals surface area contributed by atoms with Crippen LogP contribution in [0.15, 0.2) is 60.7 Å². The molecule has 2 N–H and O–H groups in total. The van der Waals surface area contributed by atoms with Crippen LogP contribution in [0.1, 0.15) is 27.2 Å². The number of rotatable bonds is 7. The second kappa shape index (κ2) is 8.80. The van der Waals surface area contributed by atoms with Gasteiger partial charge in [0.15, 0.2) is 5.69 Å². The van der Waals surface area contributed by atoms with Gasteiger partial charge in [0.2, 0.25) is 0 Å². The molecule has 3 rings (SSSR count). The molecule has 0 atom stereocenters. The van der Waals surface area contributed by atoms with E-state index in [0.29, 0.717) is 18.9 Å². The van der Waals surface area contributed by atoms with E-state index in [2.05, 4.69) is 20.8 Å². The standard InChI is InChI=1S/C21H22N4O2/c1-15-3-5-16(6-4-15)14-23-21(26)19-11-12-20(25-24-19)22-13-17-7-9-18(27-2)10-8-17/h3-12H,13-14H2,1-2H3,(H,22,25)(H,23,26). The summed E-state index contributed by atoms with van der Waals surface area (Å²) in [6.45, 7) is 3.10. The molecule has 6 nitrogen and oxygen atoms in total. The molecule has 3 aromatic rings. The van der Waals surface area contributed by atoms with E-state index in [0.717, 1.165) is 16.9 Å². The molecule has 138 valence electrons. The minimum atomic E-state index is -0.246. The molecule has 0 aliphatic heterocycles. The van der Waals surface area contributed by atoms with Crippen LogP contribution in [0, 0.1) is 6.92 Å². The quantitative estimate of drug-likeness (QED) is 0.674. The Labute approximate surface area is 158 Å². The van der Waals surface area contributed by atoms with Crippen LogP contribution in [0.3, 0.4) is 0 Å². The smallest absolute Gasteiger partial charge is 0.272 e. The zero-order chi connectivity index (χ0) is 19.1. The Hall–Kier alpha value is -3.41. The van der Waals surface area contributed by atoms with Gasteiger partial charge in [-0.3, -0.25) is 4.79 Å². The fourth-order valence-electron chi connectivity index (χ4n) is 2.46. The highest BCUT2D eigenvalue weighted by Crippen LogP contribution is 2.12. The van der Waals surface area contributed by atoms with Crippen LogP contribution in [0.2, 0.25) is 0 Å². The fraction of sp³-hybridized carbons (Fsp3) is 0.190. The lowest BCUT2D eigenvalue weighted by Gasteiger charge is -2.07. The monoisotopic (exact) mass is 362 g/mol. The van der Waals surface area contributed by atoms with E-state index in [1.54, 1.807) is 19.2 Å². The third-order valence-electron chi connectivity index (χ3n) is 4.10. The van der Waals surface area contributed by atoms with Gasteiger partial charge in [0.1, 0.15) is 11.6 Å². The Balaban J connectivity index is 1.51. The van der Waals surface area contributed by atoms with Gasteiger partial charge in [-0.15, -0.1) is 10.2 Å². The first kappa shape index (κ1) is 18.4. The van der Waals surface area contributed by atoms with Crippen LogP contribution in [-0.4, -0.2) is 23.2 Å². The number of ether oxygens (including phenoxy) is 1. The van der Waals surface area contributed by atoms with Gasteiger partial charge in [-0.05, 0) is 42.3 Å². The van der Waals surface area contributed by atoms with Crippen LogP contribution in [0.5, 0.6) is 5.75 Å². The van der Waals surface area contributed by atoms with Gasteiger partial charge >= 0.3 is 0 Å². The predicted molar refractivity (Wildman–Crippen MR) is 105 cm³/mol. The lowest BCUT2D eigenvalue weighted by molar-refractivity contribution is 0.0945. The van der Waals surface area contributed by atoms with E-state index in [9.17, 15) is 4.79 Å². The molecular weight excluding hydrogens is 340 g/mol. The topological polar surface area (TPSA) is 76.1 Å². The van der Waals surface area contributed by atoms with Crippen molar-refractivity contribution in [2.45, 2.75) is 20.0 Å². The van der Waals surface area contributed by atoms with Crippen LogP contribution < -0.4 is 15.4 Å². The summed E-state index contributed by atoms with van der Waals surface area (Å²) in [5, 5.41) is 14.1. The van der Waals surface area contributed by atoms with E-state index >= 15 is 0 Å². The third kappa shape index (κ3) is 5.28. The SMILES string of the molecule is COc1ccc(CNc2ccc(C(=O)NCc3ccc(C)cc3)nn2)cc1. The van der Waals surface area contributed by atoms with Crippen molar-refractivity contribution in [3.05, 3.63) is 83.0 Å². The number of nitrogens with one attached hydrogen (secondary N) is 2. The maximum absolute atomic E-state index is 12.2. The van der Waals surface area contributed by atoms with Crippen molar-refractivity contribution < 1.29 is 9.53 Å². The highest BCUT2D eigenvalue weighted by Gasteiger charge is 2.08. The molecule has 27 heavy (non-hydrogen) atoms. The van der Waals surface area contributed by atoms with E-state index in [-0.39, 0.29) is 11.6 Å². The molecule has 0 aliphatic carbocycles. The third-order valence-corrected chi connectivity index (χ3v) is 4.10. The van der Waals surface area contributed by atoms with Crippen molar-refractivity contribution in [2.75, 3.05) is 12.4 Å². The molecule has 0 fully saturated rings. The van der Waals surface area contributed by atoms with Crippen LogP contribution >= 0.6 is 0 Å². The Bertz CT molecular complexity index is 876. The lowest BCUT2D eigenvalue weighted by atomic mass is 10.1. The Morgan fingerprint density at radius 1 is 0.889 bits per heavy atom. The molecule has 0 saturated carbocycles. The van der Waals surface area contributed by atoms with Crippen molar-refractivity contribution in [2.24, 2.45) is 0 Å². The summed E-state index contributed by atoms with van der Waals surface area (Å²) in [4.78, 5) is 12.2. The number of benzene rings is 2. The number of amides is 1. The molecule has 0 saturated heterocycles. The summed E-state index contributed by atoms with van der Waals surface area (Å²) in [7, 11) is 1.64. The van der Waals surface area contributed by atoms with Gasteiger partial charge in [0.25, 0.3) is 5.91 Å². The van der Waals surface area contributed by atoms with E-state index in [4.69, 9.17) is 4.74 Å². The molecule has 0 unspecified atom stereocenters. The number of carbonyl (C=O) groups excluding carboxylic acids is 1. The van der Waals surface area contributed by atoms with Gasteiger partial charge in [-0.1, -0.05) is 42.0 Å². The summed E-state index contributed by atoms with van der Waals surface area (Å²) in [6, 6.07) is 19.2. The minimum Gasteiger partial charge on any atom is -0.497 e. The minimum absolute atomic E-state index is 0.246. The zero-order valence-corrected chi connectivity index (χ0v) is 15.4. The summed E-state index contributed by atoms with van der Waals surface area (Å²) in [6.07, 6.45) is 0. The van der Waals surface area contributed by atoms with E-state index < -0.39 is 0 Å². The molecular formula is C21H22N4O2. The van der Waals surface area contributed by atoms with Gasteiger partial charge in [-0.2, -0.15) is 0 Å². The predicted octanol–water partition coefficient (Wildman–Crippen LogP) is 3.34. The van der Waals surface area contributed by atoms with E-state index in [1.807, 2.05) is 55.5 Å². The maximum atomic E-state index is 12.2. The first-order valence-electron chi connectivity index (χ1n) is 8.68. The largest absolute Gasteiger partial charge is 0.497 e. The molecule has 0 bridgehead atoms. The van der Waals surface area contributed by atoms with Gasteiger partial charge < -0.3 is 15.4 Å². The number of methoxy groups -OCH3 is 1. The zero-order valence-electron chi connectivity index (χ0n) is 15.4. The maximum Gasteiger partial charge on any atom is 0.272 e. The van der Waals surface area contributed by atoms with Gasteiger partial charge in [0, 0.05) is 13.1 Å². The molecule has 2 aromatic carbocycles. The number of hydrogen-bond donors (Lipinski definition) is 2. The molecule has 0 radical (unpaired) electrons. The van der Waals surface area contributed by atoms with Crippen molar-refractivity contribution in [1.29, 1.82) is 0 Å². The first-order chi connectivity index (χ1) is 13.1. The molecule has 0 spiro atoms. The molecule has 1 heterocycles. The van der Waals surface area contributed by atoms with E-state index in [1.165, 1.54) is 5.56 Å². The van der Waals surface area contributed by atoms with Crippen LogP contribution in [-0.2, 0) is 13.1 Å². The second-order valence-electron chi connectivity index (χ2n) is 6.17. The Morgan fingerprint density at radius 3 is 2.19 bits per heavy atom. The lowest BCUT2D eigenvalue weighted by Crippen LogP contribution is -2.24.